The highest BCUT2D eigenvalue weighted by Crippen LogP contribution is 2.27. The average molecular weight is 271 g/mol. The molecule has 0 aliphatic rings. The molecule has 0 saturated heterocycles. The number of hydrogen-bond acceptors (Lipinski definition) is 3. The summed E-state index contributed by atoms with van der Waals surface area (Å²) >= 11 is 0. The molecule has 2 aromatic rings. The molecule has 0 atom stereocenters. The number of hydroxylamine groups is 2. The standard InChI is InChI=1S/C17H21NO2/c1-3-18(14-15-10-6-5-7-11-15)20-17-13-9-8-12-16(17)19-4-2/h5-13H,3-4,14H2,1-2H3. The highest BCUT2D eigenvalue weighted by molar-refractivity contribution is 5.39. The van der Waals surface area contributed by atoms with Gasteiger partial charge in [-0.15, -0.1) is 5.06 Å². The number of ether oxygens (including phenoxy) is 1. The zero-order valence-corrected chi connectivity index (χ0v) is 12.1. The van der Waals surface area contributed by atoms with E-state index in [1.54, 1.807) is 0 Å². The number of para-hydroxylation sites is 2. The molecule has 3 heteroatoms. The number of rotatable bonds is 7. The van der Waals surface area contributed by atoms with E-state index < -0.39 is 0 Å². The third-order valence-electron chi connectivity index (χ3n) is 2.93. The molecule has 0 fully saturated rings. The van der Waals surface area contributed by atoms with Crippen LogP contribution in [0.4, 0.5) is 0 Å². The summed E-state index contributed by atoms with van der Waals surface area (Å²) in [5.74, 6) is 1.54. The zero-order valence-electron chi connectivity index (χ0n) is 12.1. The van der Waals surface area contributed by atoms with Crippen LogP contribution in [0.2, 0.25) is 0 Å². The summed E-state index contributed by atoms with van der Waals surface area (Å²) in [5.41, 5.74) is 1.23. The SMILES string of the molecule is CCOc1ccccc1ON(CC)Cc1ccccc1. The Morgan fingerprint density at radius 3 is 2.15 bits per heavy atom. The minimum Gasteiger partial charge on any atom is -0.490 e. The Kier molecular flexibility index (Phi) is 5.44. The Bertz CT molecular complexity index is 513. The molecule has 0 radical (unpaired) electrons. The van der Waals surface area contributed by atoms with Gasteiger partial charge in [0.2, 0.25) is 0 Å². The number of hydrogen-bond donors (Lipinski definition) is 0. The number of benzene rings is 2. The molecule has 20 heavy (non-hydrogen) atoms. The normalized spacial score (nSPS) is 10.6. The third-order valence-corrected chi connectivity index (χ3v) is 2.93. The molecular formula is C17H21NO2. The molecule has 0 unspecified atom stereocenters. The highest BCUT2D eigenvalue weighted by Gasteiger charge is 2.10. The minimum atomic E-state index is 0.630. The van der Waals surface area contributed by atoms with Gasteiger partial charge in [-0.05, 0) is 31.5 Å². The van der Waals surface area contributed by atoms with E-state index in [0.29, 0.717) is 6.61 Å². The molecule has 0 aliphatic carbocycles. The van der Waals surface area contributed by atoms with Gasteiger partial charge in [0.1, 0.15) is 0 Å². The summed E-state index contributed by atoms with van der Waals surface area (Å²) in [6.45, 7) is 6.23. The quantitative estimate of drug-likeness (QED) is 0.713. The van der Waals surface area contributed by atoms with Crippen molar-refractivity contribution in [3.63, 3.8) is 0 Å². The van der Waals surface area contributed by atoms with Crippen molar-refractivity contribution in [2.45, 2.75) is 20.4 Å². The van der Waals surface area contributed by atoms with E-state index in [1.165, 1.54) is 5.56 Å². The molecule has 0 bridgehead atoms. The second kappa shape index (κ2) is 7.56. The van der Waals surface area contributed by atoms with Crippen LogP contribution >= 0.6 is 0 Å². The molecule has 2 rings (SSSR count). The van der Waals surface area contributed by atoms with Crippen LogP contribution in [0, 0.1) is 0 Å². The molecule has 0 aliphatic heterocycles. The van der Waals surface area contributed by atoms with Gasteiger partial charge in [0.15, 0.2) is 11.5 Å². The van der Waals surface area contributed by atoms with Crippen molar-refractivity contribution in [1.29, 1.82) is 0 Å². The molecule has 106 valence electrons. The van der Waals surface area contributed by atoms with Crippen molar-refractivity contribution < 1.29 is 9.57 Å². The first-order valence-corrected chi connectivity index (χ1v) is 7.02. The lowest BCUT2D eigenvalue weighted by Crippen LogP contribution is -2.26. The van der Waals surface area contributed by atoms with Crippen molar-refractivity contribution >= 4 is 0 Å². The Hall–Kier alpha value is -2.00. The molecule has 3 nitrogen and oxygen atoms in total. The molecule has 0 heterocycles. The van der Waals surface area contributed by atoms with Gasteiger partial charge in [0, 0.05) is 6.54 Å². The highest BCUT2D eigenvalue weighted by atomic mass is 16.7. The Morgan fingerprint density at radius 1 is 0.850 bits per heavy atom. The summed E-state index contributed by atoms with van der Waals surface area (Å²) in [4.78, 5) is 5.96. The Labute approximate surface area is 120 Å². The van der Waals surface area contributed by atoms with Gasteiger partial charge in [0.25, 0.3) is 0 Å². The Morgan fingerprint density at radius 2 is 1.50 bits per heavy atom. The topological polar surface area (TPSA) is 21.7 Å². The van der Waals surface area contributed by atoms with Crippen LogP contribution in [0.3, 0.4) is 0 Å². The molecule has 0 saturated carbocycles. The van der Waals surface area contributed by atoms with Crippen LogP contribution in [0.25, 0.3) is 0 Å². The predicted octanol–water partition coefficient (Wildman–Crippen LogP) is 3.90. The van der Waals surface area contributed by atoms with Crippen LogP contribution in [0.1, 0.15) is 19.4 Å². The van der Waals surface area contributed by atoms with Crippen molar-refractivity contribution in [3.05, 3.63) is 60.2 Å². The molecule has 0 amide bonds. The maximum atomic E-state index is 5.96. The molecule has 0 spiro atoms. The minimum absolute atomic E-state index is 0.630. The van der Waals surface area contributed by atoms with Crippen molar-refractivity contribution in [2.24, 2.45) is 0 Å². The monoisotopic (exact) mass is 271 g/mol. The van der Waals surface area contributed by atoms with E-state index in [2.05, 4.69) is 19.1 Å². The number of nitrogens with zero attached hydrogens (tertiary/aromatic N) is 1. The van der Waals surface area contributed by atoms with Gasteiger partial charge in [-0.25, -0.2) is 0 Å². The van der Waals surface area contributed by atoms with Gasteiger partial charge in [-0.1, -0.05) is 42.5 Å². The van der Waals surface area contributed by atoms with E-state index in [4.69, 9.17) is 9.57 Å². The maximum Gasteiger partial charge on any atom is 0.189 e. The van der Waals surface area contributed by atoms with Gasteiger partial charge in [-0.3, -0.25) is 0 Å². The fourth-order valence-electron chi connectivity index (χ4n) is 1.94. The lowest BCUT2D eigenvalue weighted by Gasteiger charge is -2.22. The van der Waals surface area contributed by atoms with Crippen molar-refractivity contribution in [3.8, 4) is 11.5 Å². The Balaban J connectivity index is 2.06. The summed E-state index contributed by atoms with van der Waals surface area (Å²) in [7, 11) is 0. The first kappa shape index (κ1) is 14.4. The first-order chi connectivity index (χ1) is 9.83. The van der Waals surface area contributed by atoms with Crippen LogP contribution in [-0.2, 0) is 6.54 Å². The van der Waals surface area contributed by atoms with E-state index in [1.807, 2.05) is 54.5 Å². The van der Waals surface area contributed by atoms with Crippen LogP contribution < -0.4 is 9.57 Å². The largest absolute Gasteiger partial charge is 0.490 e. The predicted molar refractivity (Wildman–Crippen MR) is 80.8 cm³/mol. The van der Waals surface area contributed by atoms with Gasteiger partial charge in [-0.2, -0.15) is 0 Å². The fraction of sp³-hybridized carbons (Fsp3) is 0.294. The smallest absolute Gasteiger partial charge is 0.189 e. The van der Waals surface area contributed by atoms with E-state index in [0.717, 1.165) is 24.6 Å². The molecular weight excluding hydrogens is 250 g/mol. The molecule has 2 aromatic carbocycles. The van der Waals surface area contributed by atoms with Crippen molar-refractivity contribution in [1.82, 2.24) is 5.06 Å². The second-order valence-corrected chi connectivity index (χ2v) is 4.41. The summed E-state index contributed by atoms with van der Waals surface area (Å²) in [6.07, 6.45) is 0. The lowest BCUT2D eigenvalue weighted by atomic mass is 10.2. The second-order valence-electron chi connectivity index (χ2n) is 4.41. The molecule has 0 N–H and O–H groups in total. The van der Waals surface area contributed by atoms with Gasteiger partial charge >= 0.3 is 0 Å². The van der Waals surface area contributed by atoms with E-state index >= 15 is 0 Å². The van der Waals surface area contributed by atoms with Crippen LogP contribution in [0.5, 0.6) is 11.5 Å². The zero-order chi connectivity index (χ0) is 14.2. The summed E-state index contributed by atoms with van der Waals surface area (Å²) in [6, 6.07) is 18.0. The fourth-order valence-corrected chi connectivity index (χ4v) is 1.94. The average Bonchev–Trinajstić information content (AvgIpc) is 2.50. The first-order valence-electron chi connectivity index (χ1n) is 7.02. The van der Waals surface area contributed by atoms with E-state index in [-0.39, 0.29) is 0 Å². The summed E-state index contributed by atoms with van der Waals surface area (Å²) < 4.78 is 5.58. The van der Waals surface area contributed by atoms with Crippen LogP contribution in [-0.4, -0.2) is 18.2 Å². The molecule has 0 aromatic heterocycles. The van der Waals surface area contributed by atoms with Crippen molar-refractivity contribution in [2.75, 3.05) is 13.2 Å². The third kappa shape index (κ3) is 4.00. The summed E-state index contributed by atoms with van der Waals surface area (Å²) in [5, 5.41) is 1.92. The maximum absolute atomic E-state index is 5.96. The van der Waals surface area contributed by atoms with Gasteiger partial charge < -0.3 is 9.57 Å². The lowest BCUT2D eigenvalue weighted by molar-refractivity contribution is -0.0642. The van der Waals surface area contributed by atoms with Gasteiger partial charge in [0.05, 0.1) is 13.2 Å². The van der Waals surface area contributed by atoms with E-state index in [9.17, 15) is 0 Å². The van der Waals surface area contributed by atoms with Crippen LogP contribution in [0.15, 0.2) is 54.6 Å².